The Labute approximate surface area is 69.8 Å². The molecule has 1 unspecified atom stereocenters. The van der Waals surface area contributed by atoms with Gasteiger partial charge in [-0.2, -0.15) is 0 Å². The van der Waals surface area contributed by atoms with Gasteiger partial charge in [0.1, 0.15) is 0 Å². The van der Waals surface area contributed by atoms with Crippen LogP contribution in [0.3, 0.4) is 0 Å². The highest BCUT2D eigenvalue weighted by molar-refractivity contribution is 4.82. The van der Waals surface area contributed by atoms with Crippen molar-refractivity contribution in [3.05, 3.63) is 0 Å². The van der Waals surface area contributed by atoms with Gasteiger partial charge in [-0.05, 0) is 25.7 Å². The van der Waals surface area contributed by atoms with Gasteiger partial charge in [0, 0.05) is 5.54 Å². The van der Waals surface area contributed by atoms with Crippen molar-refractivity contribution in [1.29, 1.82) is 0 Å². The topological polar surface area (TPSA) is 46.2 Å². The van der Waals surface area contributed by atoms with Crippen LogP contribution in [0.2, 0.25) is 0 Å². The van der Waals surface area contributed by atoms with Crippen molar-refractivity contribution in [1.82, 2.24) is 0 Å². The lowest BCUT2D eigenvalue weighted by Crippen LogP contribution is -2.40. The van der Waals surface area contributed by atoms with Gasteiger partial charge in [0.2, 0.25) is 0 Å². The third-order valence-electron chi connectivity index (χ3n) is 1.72. The van der Waals surface area contributed by atoms with E-state index < -0.39 is 0 Å². The summed E-state index contributed by atoms with van der Waals surface area (Å²) >= 11 is 0. The second-order valence-corrected chi connectivity index (χ2v) is 5.07. The zero-order valence-electron chi connectivity index (χ0n) is 8.31. The van der Waals surface area contributed by atoms with Crippen LogP contribution < -0.4 is 5.73 Å². The summed E-state index contributed by atoms with van der Waals surface area (Å²) in [5, 5.41) is 9.64. The molecule has 0 aromatic heterocycles. The lowest BCUT2D eigenvalue weighted by atomic mass is 9.82. The number of hydrogen-bond acceptors (Lipinski definition) is 2. The molecule has 0 amide bonds. The Hall–Kier alpha value is -0.0800. The fourth-order valence-electron chi connectivity index (χ4n) is 0.805. The Bertz CT molecular complexity index is 119. The summed E-state index contributed by atoms with van der Waals surface area (Å²) in [7, 11) is 0. The van der Waals surface area contributed by atoms with Crippen LogP contribution in [0.15, 0.2) is 0 Å². The Morgan fingerprint density at radius 3 is 1.64 bits per heavy atom. The molecule has 0 aliphatic carbocycles. The molecule has 68 valence electrons. The Morgan fingerprint density at radius 1 is 1.18 bits per heavy atom. The van der Waals surface area contributed by atoms with Crippen LogP contribution in [0.25, 0.3) is 0 Å². The Balaban J connectivity index is 3.99. The van der Waals surface area contributed by atoms with Crippen LogP contribution in [0, 0.1) is 5.41 Å². The molecule has 0 rings (SSSR count). The van der Waals surface area contributed by atoms with E-state index in [4.69, 9.17) is 5.73 Å². The predicted molar refractivity (Wildman–Crippen MR) is 48.3 cm³/mol. The van der Waals surface area contributed by atoms with Crippen LogP contribution in [-0.2, 0) is 0 Å². The van der Waals surface area contributed by atoms with Crippen molar-refractivity contribution in [2.45, 2.75) is 52.7 Å². The number of hydrogen-bond donors (Lipinski definition) is 2. The molecular formula is C9H21NO. The van der Waals surface area contributed by atoms with Crippen LogP contribution >= 0.6 is 0 Å². The molecule has 0 fully saturated rings. The van der Waals surface area contributed by atoms with E-state index in [1.54, 1.807) is 0 Å². The fourth-order valence-corrected chi connectivity index (χ4v) is 0.805. The van der Waals surface area contributed by atoms with Gasteiger partial charge >= 0.3 is 0 Å². The Kier molecular flexibility index (Phi) is 3.09. The van der Waals surface area contributed by atoms with E-state index in [-0.39, 0.29) is 17.1 Å². The molecular weight excluding hydrogens is 138 g/mol. The first-order valence-electron chi connectivity index (χ1n) is 4.10. The summed E-state index contributed by atoms with van der Waals surface area (Å²) in [6.07, 6.45) is 0.332. The minimum absolute atomic E-state index is 0.0589. The summed E-state index contributed by atoms with van der Waals surface area (Å²) in [5.74, 6) is 0. The molecule has 0 aliphatic rings. The summed E-state index contributed by atoms with van der Waals surface area (Å²) in [4.78, 5) is 0. The van der Waals surface area contributed by atoms with Gasteiger partial charge in [0.15, 0.2) is 0 Å². The van der Waals surface area contributed by atoms with Crippen LogP contribution in [-0.4, -0.2) is 16.7 Å². The number of aliphatic hydroxyl groups is 1. The molecule has 0 radical (unpaired) electrons. The van der Waals surface area contributed by atoms with Gasteiger partial charge in [0.05, 0.1) is 6.10 Å². The fraction of sp³-hybridized carbons (Fsp3) is 1.00. The van der Waals surface area contributed by atoms with E-state index in [0.717, 1.165) is 0 Å². The third kappa shape index (κ3) is 5.22. The molecule has 2 nitrogen and oxygen atoms in total. The Morgan fingerprint density at radius 2 is 1.55 bits per heavy atom. The molecule has 0 aliphatic heterocycles. The van der Waals surface area contributed by atoms with E-state index >= 15 is 0 Å². The molecule has 2 heteroatoms. The summed E-state index contributed by atoms with van der Waals surface area (Å²) in [6.45, 7) is 9.92. The van der Waals surface area contributed by atoms with Crippen molar-refractivity contribution in [3.8, 4) is 0 Å². The van der Waals surface area contributed by atoms with E-state index in [1.165, 1.54) is 0 Å². The normalized spacial score (nSPS) is 16.6. The van der Waals surface area contributed by atoms with E-state index in [1.807, 2.05) is 34.6 Å². The lowest BCUT2D eigenvalue weighted by molar-refractivity contribution is 0.0403. The van der Waals surface area contributed by atoms with Crippen LogP contribution in [0.5, 0.6) is 0 Å². The molecule has 3 N–H and O–H groups in total. The maximum atomic E-state index is 9.64. The first-order valence-corrected chi connectivity index (χ1v) is 4.10. The molecule has 0 saturated carbocycles. The van der Waals surface area contributed by atoms with E-state index in [9.17, 15) is 5.11 Å². The average molecular weight is 159 g/mol. The van der Waals surface area contributed by atoms with Crippen molar-refractivity contribution in [2.75, 3.05) is 0 Å². The first-order chi connectivity index (χ1) is 4.63. The molecule has 0 aromatic rings. The second-order valence-electron chi connectivity index (χ2n) is 5.07. The molecule has 0 bridgehead atoms. The summed E-state index contributed by atoms with van der Waals surface area (Å²) in [6, 6.07) is 0. The second kappa shape index (κ2) is 3.11. The zero-order chi connectivity index (χ0) is 9.28. The molecule has 11 heavy (non-hydrogen) atoms. The smallest absolute Gasteiger partial charge is 0.0605 e. The number of rotatable bonds is 2. The van der Waals surface area contributed by atoms with Crippen molar-refractivity contribution >= 4 is 0 Å². The average Bonchev–Trinajstić information content (AvgIpc) is 1.56. The maximum Gasteiger partial charge on any atom is 0.0605 e. The minimum atomic E-state index is -0.317. The molecule has 0 aromatic carbocycles. The monoisotopic (exact) mass is 159 g/mol. The molecule has 1 atom stereocenters. The largest absolute Gasteiger partial charge is 0.393 e. The van der Waals surface area contributed by atoms with Gasteiger partial charge in [-0.15, -0.1) is 0 Å². The maximum absolute atomic E-state index is 9.64. The van der Waals surface area contributed by atoms with Gasteiger partial charge in [-0.1, -0.05) is 20.8 Å². The highest BCUT2D eigenvalue weighted by atomic mass is 16.3. The molecule has 0 heterocycles. The van der Waals surface area contributed by atoms with Crippen LogP contribution in [0.4, 0.5) is 0 Å². The zero-order valence-corrected chi connectivity index (χ0v) is 8.31. The van der Waals surface area contributed by atoms with Gasteiger partial charge in [-0.3, -0.25) is 0 Å². The first kappa shape index (κ1) is 10.9. The van der Waals surface area contributed by atoms with Crippen LogP contribution in [0.1, 0.15) is 41.0 Å². The summed E-state index contributed by atoms with van der Waals surface area (Å²) < 4.78 is 0. The lowest BCUT2D eigenvalue weighted by Gasteiger charge is -2.31. The van der Waals surface area contributed by atoms with E-state index in [0.29, 0.717) is 6.42 Å². The van der Waals surface area contributed by atoms with Crippen molar-refractivity contribution in [3.63, 3.8) is 0 Å². The minimum Gasteiger partial charge on any atom is -0.393 e. The molecule has 0 saturated heterocycles. The van der Waals surface area contributed by atoms with Crippen molar-refractivity contribution in [2.24, 2.45) is 11.1 Å². The standard InChI is InChI=1S/C9H21NO/c1-8(2,3)7(11)6-9(4,5)10/h7,11H,6,10H2,1-5H3. The van der Waals surface area contributed by atoms with Gasteiger partial charge < -0.3 is 10.8 Å². The highest BCUT2D eigenvalue weighted by Crippen LogP contribution is 2.24. The third-order valence-corrected chi connectivity index (χ3v) is 1.72. The van der Waals surface area contributed by atoms with Gasteiger partial charge in [0.25, 0.3) is 0 Å². The quantitative estimate of drug-likeness (QED) is 0.641. The SMILES string of the molecule is CC(C)(N)CC(O)C(C)(C)C. The molecule has 0 spiro atoms. The summed E-state index contributed by atoms with van der Waals surface area (Å²) in [5.41, 5.74) is 5.44. The van der Waals surface area contributed by atoms with Gasteiger partial charge in [-0.25, -0.2) is 0 Å². The van der Waals surface area contributed by atoms with E-state index in [2.05, 4.69) is 0 Å². The number of aliphatic hydroxyl groups excluding tert-OH is 1. The van der Waals surface area contributed by atoms with Crippen molar-refractivity contribution < 1.29 is 5.11 Å². The number of nitrogens with two attached hydrogens (primary N) is 1. The predicted octanol–water partition coefficient (Wildman–Crippen LogP) is 1.52. The highest BCUT2D eigenvalue weighted by Gasteiger charge is 2.26.